The van der Waals surface area contributed by atoms with E-state index in [-0.39, 0.29) is 23.2 Å². The number of nitrogens with zero attached hydrogens (tertiary/aromatic N) is 3. The molecule has 34 heavy (non-hydrogen) atoms. The van der Waals surface area contributed by atoms with E-state index in [1.165, 1.54) is 0 Å². The second kappa shape index (κ2) is 11.6. The largest absolute Gasteiger partial charge is 0.379 e. The molecule has 5 unspecified atom stereocenters. The zero-order chi connectivity index (χ0) is 25.1. The van der Waals surface area contributed by atoms with Gasteiger partial charge in [0.1, 0.15) is 15.7 Å². The monoisotopic (exact) mass is 498 g/mol. The molecule has 0 radical (unpaired) electrons. The Labute approximate surface area is 210 Å². The van der Waals surface area contributed by atoms with Crippen molar-refractivity contribution in [1.29, 1.82) is 0 Å². The molecule has 3 aliphatic rings. The van der Waals surface area contributed by atoms with E-state index in [1.807, 2.05) is 0 Å². The van der Waals surface area contributed by atoms with Crippen LogP contribution in [0, 0.1) is 5.92 Å². The highest BCUT2D eigenvalue weighted by molar-refractivity contribution is 7.54. The highest BCUT2D eigenvalue weighted by Gasteiger charge is 2.44. The van der Waals surface area contributed by atoms with Crippen LogP contribution < -0.4 is 5.32 Å². The number of morpholine rings is 1. The van der Waals surface area contributed by atoms with E-state index < -0.39 is 7.67 Å². The molecular weight excluding hydrogens is 449 g/mol. The lowest BCUT2D eigenvalue weighted by Gasteiger charge is -2.47. The first-order valence-electron chi connectivity index (χ1n) is 13.3. The first-order chi connectivity index (χ1) is 15.8. The van der Waals surface area contributed by atoms with E-state index in [9.17, 15) is 4.57 Å². The van der Waals surface area contributed by atoms with Crippen LogP contribution in [0.5, 0.6) is 0 Å². The number of piperidine rings is 1. The molecule has 0 spiro atoms. The second-order valence-corrected chi connectivity index (χ2v) is 15.0. The average molecular weight is 498 g/mol. The predicted molar refractivity (Wildman–Crippen MR) is 144 cm³/mol. The van der Waals surface area contributed by atoms with Gasteiger partial charge in [0.2, 0.25) is 0 Å². The Morgan fingerprint density at radius 2 is 1.65 bits per heavy atom. The Bertz CT molecular complexity index is 699. The van der Waals surface area contributed by atoms with E-state index in [2.05, 4.69) is 76.8 Å². The summed E-state index contributed by atoms with van der Waals surface area (Å²) in [6.45, 7) is 20.4. The molecule has 196 valence electrons. The Hall–Kier alpha value is 0.0799. The van der Waals surface area contributed by atoms with Gasteiger partial charge in [0.05, 0.1) is 24.9 Å². The Balaban J connectivity index is 1.73. The summed E-state index contributed by atoms with van der Waals surface area (Å²) in [6.07, 6.45) is 1.01. The maximum atomic E-state index is 14.7. The minimum atomic E-state index is -3.18. The zero-order valence-electron chi connectivity index (χ0n) is 23.0. The van der Waals surface area contributed by atoms with Gasteiger partial charge in [-0.3, -0.25) is 9.46 Å². The highest BCUT2D eigenvalue weighted by Crippen LogP contribution is 2.56. The van der Waals surface area contributed by atoms with Crippen LogP contribution in [0.2, 0.25) is 5.82 Å². The van der Waals surface area contributed by atoms with Crippen molar-refractivity contribution < 1.29 is 18.6 Å². The van der Waals surface area contributed by atoms with Crippen LogP contribution in [-0.2, 0) is 18.6 Å². The molecule has 3 saturated heterocycles. The van der Waals surface area contributed by atoms with Gasteiger partial charge < -0.3 is 19.3 Å². The lowest BCUT2D eigenvalue weighted by molar-refractivity contribution is -0.0917. The van der Waals surface area contributed by atoms with Crippen molar-refractivity contribution >= 4 is 23.4 Å². The standard InChI is InChI=1S/C23H49B2N4O4P/c1-22(2,3)27-14-20(33-21(25)15-27)17-32-34(30,28-9-7-26-8-10-28)29-12-18(11-19(24)13-29)16-31-23(4,5)6/h18-21,26H,7-17,24-25H2,1-6H3. The molecule has 0 aromatic rings. The van der Waals surface area contributed by atoms with Crippen molar-refractivity contribution in [3.63, 3.8) is 0 Å². The van der Waals surface area contributed by atoms with Gasteiger partial charge in [-0.1, -0.05) is 12.2 Å². The topological polar surface area (TPSA) is 66.5 Å². The Kier molecular flexibility index (Phi) is 9.81. The molecule has 0 aliphatic carbocycles. The summed E-state index contributed by atoms with van der Waals surface area (Å²) < 4.78 is 37.8. The Morgan fingerprint density at radius 3 is 2.26 bits per heavy atom. The van der Waals surface area contributed by atoms with Crippen molar-refractivity contribution in [3.05, 3.63) is 0 Å². The van der Waals surface area contributed by atoms with E-state index in [0.717, 1.165) is 58.8 Å². The number of rotatable bonds is 7. The molecule has 0 aromatic carbocycles. The van der Waals surface area contributed by atoms with Crippen LogP contribution >= 0.6 is 7.67 Å². The van der Waals surface area contributed by atoms with Crippen LogP contribution in [0.4, 0.5) is 0 Å². The molecule has 0 amide bonds. The maximum absolute atomic E-state index is 14.7. The van der Waals surface area contributed by atoms with E-state index in [1.54, 1.807) is 0 Å². The first kappa shape index (κ1) is 28.6. The maximum Gasteiger partial charge on any atom is 0.346 e. The van der Waals surface area contributed by atoms with E-state index in [0.29, 0.717) is 24.9 Å². The molecule has 0 bridgehead atoms. The zero-order valence-corrected chi connectivity index (χ0v) is 23.9. The van der Waals surface area contributed by atoms with Gasteiger partial charge in [0.15, 0.2) is 0 Å². The summed E-state index contributed by atoms with van der Waals surface area (Å²) in [4.78, 5) is 2.45. The van der Waals surface area contributed by atoms with Crippen molar-refractivity contribution in [2.75, 3.05) is 65.6 Å². The SMILES string of the molecule is BC1CC(COC(C)(C)C)CN(P(=O)(OCC2CN(C(C)(C)C)CC(B)O2)N2CCNCC2)C1. The lowest BCUT2D eigenvalue weighted by Crippen LogP contribution is -2.56. The predicted octanol–water partition coefficient (Wildman–Crippen LogP) is 1.03. The van der Waals surface area contributed by atoms with Gasteiger partial charge in [-0.05, 0) is 47.5 Å². The summed E-state index contributed by atoms with van der Waals surface area (Å²) in [7, 11) is 1.19. The van der Waals surface area contributed by atoms with Crippen molar-refractivity contribution in [2.24, 2.45) is 5.92 Å². The fourth-order valence-corrected chi connectivity index (χ4v) is 7.93. The molecule has 0 saturated carbocycles. The van der Waals surface area contributed by atoms with Crippen molar-refractivity contribution in [1.82, 2.24) is 19.6 Å². The minimum Gasteiger partial charge on any atom is -0.379 e. The number of hydrogen-bond donors (Lipinski definition) is 1. The molecule has 3 heterocycles. The molecule has 0 aromatic heterocycles. The molecule has 3 fully saturated rings. The average Bonchev–Trinajstić information content (AvgIpc) is 2.75. The third-order valence-corrected chi connectivity index (χ3v) is 9.63. The minimum absolute atomic E-state index is 0.0705. The van der Waals surface area contributed by atoms with Crippen molar-refractivity contribution in [2.45, 2.75) is 77.0 Å². The van der Waals surface area contributed by atoms with Gasteiger partial charge in [-0.15, -0.1) is 0 Å². The molecule has 3 rings (SSSR count). The second-order valence-electron chi connectivity index (χ2n) is 12.6. The summed E-state index contributed by atoms with van der Waals surface area (Å²) >= 11 is 0. The lowest BCUT2D eigenvalue weighted by atomic mass is 9.77. The van der Waals surface area contributed by atoms with E-state index in [4.69, 9.17) is 14.0 Å². The van der Waals surface area contributed by atoms with Crippen LogP contribution in [0.1, 0.15) is 48.0 Å². The fraction of sp³-hybridized carbons (Fsp3) is 1.00. The first-order valence-corrected chi connectivity index (χ1v) is 14.8. The van der Waals surface area contributed by atoms with Crippen LogP contribution in [0.15, 0.2) is 0 Å². The summed E-state index contributed by atoms with van der Waals surface area (Å²) in [5, 5.41) is 3.39. The molecule has 8 nitrogen and oxygen atoms in total. The smallest absolute Gasteiger partial charge is 0.346 e. The highest BCUT2D eigenvalue weighted by atomic mass is 31.2. The molecule has 3 aliphatic heterocycles. The number of piperazine rings is 1. The van der Waals surface area contributed by atoms with Crippen LogP contribution in [0.25, 0.3) is 0 Å². The van der Waals surface area contributed by atoms with Gasteiger partial charge >= 0.3 is 7.67 Å². The summed E-state index contributed by atoms with van der Waals surface area (Å²) in [6, 6.07) is 0.133. The molecule has 1 N–H and O–H groups in total. The quantitative estimate of drug-likeness (QED) is 0.413. The molecule has 5 atom stereocenters. The van der Waals surface area contributed by atoms with E-state index >= 15 is 0 Å². The van der Waals surface area contributed by atoms with Gasteiger partial charge in [0, 0.05) is 63.9 Å². The normalized spacial score (nSPS) is 33.0. The van der Waals surface area contributed by atoms with Crippen molar-refractivity contribution in [3.8, 4) is 0 Å². The fourth-order valence-electron chi connectivity index (χ4n) is 5.26. The van der Waals surface area contributed by atoms with Gasteiger partial charge in [-0.2, -0.15) is 0 Å². The number of nitrogens with one attached hydrogen (secondary N) is 1. The summed E-state index contributed by atoms with van der Waals surface area (Å²) in [5.41, 5.74) is -0.0979. The van der Waals surface area contributed by atoms with Gasteiger partial charge in [-0.25, -0.2) is 9.34 Å². The third-order valence-electron chi connectivity index (χ3n) is 6.99. The number of hydrogen-bond acceptors (Lipinski definition) is 6. The molecule has 11 heteroatoms. The van der Waals surface area contributed by atoms with Crippen LogP contribution in [0.3, 0.4) is 0 Å². The Morgan fingerprint density at radius 1 is 0.971 bits per heavy atom. The number of ether oxygens (including phenoxy) is 2. The third kappa shape index (κ3) is 8.04. The molecular formula is C23H49B2N4O4P. The summed E-state index contributed by atoms with van der Waals surface area (Å²) in [5.74, 6) is 0.801. The van der Waals surface area contributed by atoms with Gasteiger partial charge in [0.25, 0.3) is 0 Å². The van der Waals surface area contributed by atoms with Crippen LogP contribution in [-0.4, -0.2) is 119 Å².